The minimum atomic E-state index is -4.49. The van der Waals surface area contributed by atoms with E-state index in [1.807, 2.05) is 0 Å². The number of halogens is 3. The Morgan fingerprint density at radius 3 is 2.58 bits per heavy atom. The first kappa shape index (κ1) is 22.1. The molecule has 0 saturated carbocycles. The zero-order chi connectivity index (χ0) is 23.5. The van der Waals surface area contributed by atoms with E-state index in [9.17, 15) is 22.8 Å². The lowest BCUT2D eigenvalue weighted by molar-refractivity contribution is -0.151. The smallest absolute Gasteiger partial charge is 0.418 e. The number of nitrogens with zero attached hydrogens (tertiary/aromatic N) is 5. The third-order valence-electron chi connectivity index (χ3n) is 7.51. The van der Waals surface area contributed by atoms with Crippen molar-refractivity contribution in [1.29, 1.82) is 0 Å². The molecular formula is C22H26F3N5O3. The normalized spacial score (nSPS) is 27.1. The number of hydrogen-bond acceptors (Lipinski definition) is 7. The van der Waals surface area contributed by atoms with Crippen molar-refractivity contribution in [3.63, 3.8) is 0 Å². The van der Waals surface area contributed by atoms with Crippen molar-refractivity contribution in [2.24, 2.45) is 0 Å². The summed E-state index contributed by atoms with van der Waals surface area (Å²) in [5.41, 5.74) is -0.890. The number of ether oxygens (including phenoxy) is 1. The van der Waals surface area contributed by atoms with Crippen molar-refractivity contribution in [3.8, 4) is 0 Å². The highest BCUT2D eigenvalue weighted by molar-refractivity contribution is 6.07. The topological polar surface area (TPSA) is 78.9 Å². The molecule has 1 aromatic rings. The van der Waals surface area contributed by atoms with E-state index in [1.54, 1.807) is 16.7 Å². The number of likely N-dealkylation sites (tertiary alicyclic amines) is 2. The fourth-order valence-electron chi connectivity index (χ4n) is 5.68. The molecule has 2 atom stereocenters. The second-order valence-corrected chi connectivity index (χ2v) is 9.27. The average molecular weight is 465 g/mol. The summed E-state index contributed by atoms with van der Waals surface area (Å²) in [5, 5.41) is 7.43. The van der Waals surface area contributed by atoms with E-state index >= 15 is 0 Å². The number of anilines is 1. The van der Waals surface area contributed by atoms with E-state index in [0.717, 1.165) is 25.7 Å². The largest absolute Gasteiger partial charge is 0.450 e. The molecular weight excluding hydrogens is 439 g/mol. The third kappa shape index (κ3) is 3.56. The third-order valence-corrected chi connectivity index (χ3v) is 7.51. The summed E-state index contributed by atoms with van der Waals surface area (Å²) in [7, 11) is 0. The fraction of sp³-hybridized carbons (Fsp3) is 0.636. The van der Waals surface area contributed by atoms with Crippen LogP contribution in [0, 0.1) is 0 Å². The molecule has 0 aliphatic carbocycles. The Labute approximate surface area is 189 Å². The zero-order valence-corrected chi connectivity index (χ0v) is 18.6. The standard InChI is InChI=1S/C22H26F3N5O3/c1-3-28-6-4-21(5-7-28)18(13(2)20(32)33-21)19(31)30-12-15-9-16(30)11-29(15)17-8-14(10-26-27-17)22(23,24)25/h8,10,15-16H,3-7,9,11-12H2,1-2H3/t15-,16-/m0/s1. The SMILES string of the molecule is CCN1CCC2(CC1)OC(=O)C(C)=C2C(=O)N1C[C@@H]2C[C@H]1CN2c1cc(C(F)(F)F)cnn1. The van der Waals surface area contributed by atoms with Gasteiger partial charge in [-0.25, -0.2) is 4.79 Å². The fourth-order valence-corrected chi connectivity index (χ4v) is 5.68. The predicted octanol–water partition coefficient (Wildman–Crippen LogP) is 2.01. The molecule has 33 heavy (non-hydrogen) atoms. The van der Waals surface area contributed by atoms with Crippen molar-refractivity contribution < 1.29 is 27.5 Å². The Morgan fingerprint density at radius 2 is 1.97 bits per heavy atom. The number of carbonyl (C=O) groups excluding carboxylic acids is 2. The van der Waals surface area contributed by atoms with E-state index in [1.165, 1.54) is 0 Å². The van der Waals surface area contributed by atoms with Crippen molar-refractivity contribution in [1.82, 2.24) is 20.0 Å². The first-order chi connectivity index (χ1) is 15.6. The van der Waals surface area contributed by atoms with E-state index < -0.39 is 23.3 Å². The van der Waals surface area contributed by atoms with Gasteiger partial charge in [0.15, 0.2) is 5.82 Å². The molecule has 4 aliphatic heterocycles. The number of amides is 1. The molecule has 8 nitrogen and oxygen atoms in total. The monoisotopic (exact) mass is 465 g/mol. The van der Waals surface area contributed by atoms with Gasteiger partial charge < -0.3 is 19.4 Å². The second kappa shape index (κ2) is 7.68. The number of piperazine rings is 1. The summed E-state index contributed by atoms with van der Waals surface area (Å²) >= 11 is 0. The number of rotatable bonds is 3. The summed E-state index contributed by atoms with van der Waals surface area (Å²) in [6.07, 6.45) is -1.98. The molecule has 1 amide bonds. The molecule has 0 N–H and O–H groups in total. The van der Waals surface area contributed by atoms with E-state index in [4.69, 9.17) is 4.74 Å². The first-order valence-corrected chi connectivity index (χ1v) is 11.3. The van der Waals surface area contributed by atoms with E-state index in [0.29, 0.717) is 49.7 Å². The van der Waals surface area contributed by atoms with Gasteiger partial charge in [0.05, 0.1) is 29.4 Å². The molecule has 5 heterocycles. The van der Waals surface area contributed by atoms with Crippen LogP contribution in [0.5, 0.6) is 0 Å². The zero-order valence-electron chi connectivity index (χ0n) is 18.6. The lowest BCUT2D eigenvalue weighted by Crippen LogP contribution is -2.53. The molecule has 1 aromatic heterocycles. The van der Waals surface area contributed by atoms with Gasteiger partial charge in [0.2, 0.25) is 0 Å². The van der Waals surface area contributed by atoms with Gasteiger partial charge in [-0.15, -0.1) is 5.10 Å². The van der Waals surface area contributed by atoms with Crippen LogP contribution < -0.4 is 4.90 Å². The van der Waals surface area contributed by atoms with E-state index in [-0.39, 0.29) is 23.8 Å². The quantitative estimate of drug-likeness (QED) is 0.632. The Bertz CT molecular complexity index is 1020. The molecule has 5 rings (SSSR count). The van der Waals surface area contributed by atoms with Gasteiger partial charge in [0.1, 0.15) is 5.60 Å². The van der Waals surface area contributed by atoms with Gasteiger partial charge >= 0.3 is 12.1 Å². The van der Waals surface area contributed by atoms with Crippen LogP contribution in [0.1, 0.15) is 38.7 Å². The van der Waals surface area contributed by atoms with Crippen molar-refractivity contribution in [3.05, 3.63) is 29.0 Å². The molecule has 0 unspecified atom stereocenters. The van der Waals surface area contributed by atoms with Gasteiger partial charge in [0.25, 0.3) is 5.91 Å². The Balaban J connectivity index is 1.34. The molecule has 11 heteroatoms. The summed E-state index contributed by atoms with van der Waals surface area (Å²) in [5.74, 6) is -0.457. The lowest BCUT2D eigenvalue weighted by atomic mass is 9.82. The summed E-state index contributed by atoms with van der Waals surface area (Å²) < 4.78 is 45.0. The molecule has 2 bridgehead atoms. The maximum atomic E-state index is 13.7. The highest BCUT2D eigenvalue weighted by Crippen LogP contribution is 2.44. The molecule has 0 radical (unpaired) electrons. The number of aromatic nitrogens is 2. The average Bonchev–Trinajstić information content (AvgIpc) is 3.46. The van der Waals surface area contributed by atoms with Gasteiger partial charge in [-0.2, -0.15) is 18.3 Å². The first-order valence-electron chi connectivity index (χ1n) is 11.3. The number of esters is 1. The molecule has 0 aromatic carbocycles. The van der Waals surface area contributed by atoms with Crippen molar-refractivity contribution in [2.45, 2.75) is 57.0 Å². The van der Waals surface area contributed by atoms with Crippen molar-refractivity contribution in [2.75, 3.05) is 37.6 Å². The molecule has 4 aliphatic rings. The van der Waals surface area contributed by atoms with Crippen LogP contribution in [-0.4, -0.2) is 82.3 Å². The van der Waals surface area contributed by atoms with Gasteiger partial charge in [-0.3, -0.25) is 4.79 Å². The number of fused-ring (bicyclic) bond motifs is 2. The van der Waals surface area contributed by atoms with Gasteiger partial charge in [0, 0.05) is 44.6 Å². The van der Waals surface area contributed by atoms with E-state index in [2.05, 4.69) is 22.0 Å². The van der Waals surface area contributed by atoms with Crippen LogP contribution in [0.2, 0.25) is 0 Å². The Kier molecular flexibility index (Phi) is 5.15. The molecule has 3 fully saturated rings. The van der Waals surface area contributed by atoms with Crippen molar-refractivity contribution >= 4 is 17.7 Å². The molecule has 3 saturated heterocycles. The Hall–Kier alpha value is -2.69. The van der Waals surface area contributed by atoms with Crippen LogP contribution in [0.15, 0.2) is 23.4 Å². The number of hydrogen-bond donors (Lipinski definition) is 0. The molecule has 178 valence electrons. The predicted molar refractivity (Wildman–Crippen MR) is 111 cm³/mol. The van der Waals surface area contributed by atoms with Crippen LogP contribution >= 0.6 is 0 Å². The number of piperidine rings is 1. The number of alkyl halides is 3. The highest BCUT2D eigenvalue weighted by Gasteiger charge is 2.54. The van der Waals surface area contributed by atoms with Crippen LogP contribution in [0.25, 0.3) is 0 Å². The number of carbonyl (C=O) groups is 2. The summed E-state index contributed by atoms with van der Waals surface area (Å²) in [4.78, 5) is 32.0. The summed E-state index contributed by atoms with van der Waals surface area (Å²) in [6.45, 7) is 6.88. The van der Waals surface area contributed by atoms with Crippen LogP contribution in [0.4, 0.5) is 19.0 Å². The Morgan fingerprint density at radius 1 is 1.24 bits per heavy atom. The minimum absolute atomic E-state index is 0.145. The lowest BCUT2D eigenvalue weighted by Gasteiger charge is -2.41. The minimum Gasteiger partial charge on any atom is -0.450 e. The summed E-state index contributed by atoms with van der Waals surface area (Å²) in [6, 6.07) is 0.697. The van der Waals surface area contributed by atoms with Crippen LogP contribution in [-0.2, 0) is 20.5 Å². The maximum Gasteiger partial charge on any atom is 0.418 e. The molecule has 1 spiro atoms. The van der Waals surface area contributed by atoms with Gasteiger partial charge in [-0.1, -0.05) is 6.92 Å². The maximum absolute atomic E-state index is 13.7. The van der Waals surface area contributed by atoms with Crippen LogP contribution in [0.3, 0.4) is 0 Å². The highest BCUT2D eigenvalue weighted by atomic mass is 19.4. The van der Waals surface area contributed by atoms with Gasteiger partial charge in [-0.05, 0) is 26.0 Å². The second-order valence-electron chi connectivity index (χ2n) is 9.27.